The standard InChI is InChI=1S/C20H25N3O4/c1-20(2,3)14-4-6-16(7-5-14)22-12-10-15(11-13-22)21-19(24)17-8-9-18(27-17)23(25)26/h4-9,15H,10-13H2,1-3H3,(H,21,24). The van der Waals surface area contributed by atoms with Crippen molar-refractivity contribution < 1.29 is 14.1 Å². The second kappa shape index (κ2) is 7.42. The van der Waals surface area contributed by atoms with Crippen molar-refractivity contribution in [2.24, 2.45) is 0 Å². The third-order valence-corrected chi connectivity index (χ3v) is 4.92. The summed E-state index contributed by atoms with van der Waals surface area (Å²) in [6, 6.07) is 11.2. The number of amides is 1. The quantitative estimate of drug-likeness (QED) is 0.651. The Kier molecular flexibility index (Phi) is 5.21. The Morgan fingerprint density at radius 1 is 1.15 bits per heavy atom. The zero-order chi connectivity index (χ0) is 19.6. The number of anilines is 1. The second-order valence-corrected chi connectivity index (χ2v) is 7.93. The Hall–Kier alpha value is -2.83. The summed E-state index contributed by atoms with van der Waals surface area (Å²) in [4.78, 5) is 24.5. The molecule has 7 nitrogen and oxygen atoms in total. The Morgan fingerprint density at radius 2 is 1.78 bits per heavy atom. The lowest BCUT2D eigenvalue weighted by atomic mass is 9.87. The molecule has 1 amide bonds. The van der Waals surface area contributed by atoms with Crippen LogP contribution in [0.5, 0.6) is 0 Å². The zero-order valence-corrected chi connectivity index (χ0v) is 15.9. The first-order valence-electron chi connectivity index (χ1n) is 9.14. The van der Waals surface area contributed by atoms with Crippen LogP contribution < -0.4 is 10.2 Å². The highest BCUT2D eigenvalue weighted by Gasteiger charge is 2.24. The third-order valence-electron chi connectivity index (χ3n) is 4.92. The summed E-state index contributed by atoms with van der Waals surface area (Å²) in [7, 11) is 0. The number of carbonyl (C=O) groups excluding carboxylic acids is 1. The molecule has 1 aliphatic rings. The number of nitrogens with zero attached hydrogens (tertiary/aromatic N) is 2. The number of rotatable bonds is 4. The number of hydrogen-bond donors (Lipinski definition) is 1. The lowest BCUT2D eigenvalue weighted by molar-refractivity contribution is -0.402. The van der Waals surface area contributed by atoms with Crippen molar-refractivity contribution in [1.29, 1.82) is 0 Å². The van der Waals surface area contributed by atoms with E-state index in [9.17, 15) is 14.9 Å². The van der Waals surface area contributed by atoms with Crippen molar-refractivity contribution in [2.45, 2.75) is 45.1 Å². The average Bonchev–Trinajstić information content (AvgIpc) is 3.12. The number of benzene rings is 1. The summed E-state index contributed by atoms with van der Waals surface area (Å²) in [5.41, 5.74) is 2.63. The normalized spacial score (nSPS) is 15.6. The van der Waals surface area contributed by atoms with E-state index in [1.165, 1.54) is 23.4 Å². The van der Waals surface area contributed by atoms with Crippen LogP contribution in [0.3, 0.4) is 0 Å². The van der Waals surface area contributed by atoms with Gasteiger partial charge in [-0.15, -0.1) is 0 Å². The predicted molar refractivity (Wildman–Crippen MR) is 103 cm³/mol. The van der Waals surface area contributed by atoms with Crippen LogP contribution in [0.25, 0.3) is 0 Å². The lowest BCUT2D eigenvalue weighted by Gasteiger charge is -2.34. The molecule has 1 saturated heterocycles. The van der Waals surface area contributed by atoms with E-state index in [0.29, 0.717) is 0 Å². The maximum atomic E-state index is 12.2. The van der Waals surface area contributed by atoms with Gasteiger partial charge in [-0.2, -0.15) is 0 Å². The van der Waals surface area contributed by atoms with Crippen molar-refractivity contribution in [3.05, 3.63) is 57.8 Å². The molecule has 3 rings (SSSR count). The fraction of sp³-hybridized carbons (Fsp3) is 0.450. The molecule has 0 saturated carbocycles. The summed E-state index contributed by atoms with van der Waals surface area (Å²) in [6.07, 6.45) is 1.63. The average molecular weight is 371 g/mol. The first-order valence-corrected chi connectivity index (χ1v) is 9.14. The van der Waals surface area contributed by atoms with E-state index >= 15 is 0 Å². The van der Waals surface area contributed by atoms with Crippen molar-refractivity contribution in [1.82, 2.24) is 5.32 Å². The minimum absolute atomic E-state index is 0.0260. The summed E-state index contributed by atoms with van der Waals surface area (Å²) < 4.78 is 4.96. The van der Waals surface area contributed by atoms with E-state index in [1.807, 2.05) is 0 Å². The van der Waals surface area contributed by atoms with Crippen LogP contribution in [0.2, 0.25) is 0 Å². The van der Waals surface area contributed by atoms with E-state index in [0.717, 1.165) is 25.9 Å². The van der Waals surface area contributed by atoms with Crippen LogP contribution in [0.15, 0.2) is 40.8 Å². The zero-order valence-electron chi connectivity index (χ0n) is 15.9. The number of nitro groups is 1. The molecule has 2 aromatic rings. The van der Waals surface area contributed by atoms with Gasteiger partial charge in [-0.05, 0) is 42.0 Å². The molecule has 0 radical (unpaired) electrons. The highest BCUT2D eigenvalue weighted by atomic mass is 16.6. The molecule has 1 aromatic carbocycles. The number of hydrogen-bond acceptors (Lipinski definition) is 5. The fourth-order valence-corrected chi connectivity index (χ4v) is 3.26. The van der Waals surface area contributed by atoms with E-state index in [4.69, 9.17) is 4.42 Å². The van der Waals surface area contributed by atoms with Crippen molar-refractivity contribution in [2.75, 3.05) is 18.0 Å². The molecule has 1 aromatic heterocycles. The number of carbonyl (C=O) groups is 1. The minimum Gasteiger partial charge on any atom is -0.395 e. The molecule has 0 bridgehead atoms. The highest BCUT2D eigenvalue weighted by molar-refractivity contribution is 5.91. The van der Waals surface area contributed by atoms with Crippen molar-refractivity contribution in [3.8, 4) is 0 Å². The van der Waals surface area contributed by atoms with Gasteiger partial charge in [-0.3, -0.25) is 14.9 Å². The van der Waals surface area contributed by atoms with Gasteiger partial charge in [0.05, 0.1) is 6.07 Å². The Bertz CT molecular complexity index is 812. The van der Waals surface area contributed by atoms with Gasteiger partial charge in [0.15, 0.2) is 5.76 Å². The molecule has 7 heteroatoms. The SMILES string of the molecule is CC(C)(C)c1ccc(N2CCC(NC(=O)c3ccc([N+](=O)[O-])o3)CC2)cc1. The monoisotopic (exact) mass is 371 g/mol. The first kappa shape index (κ1) is 18.9. The van der Waals surface area contributed by atoms with Crippen molar-refractivity contribution >= 4 is 17.5 Å². The predicted octanol–water partition coefficient (Wildman–Crippen LogP) is 3.88. The van der Waals surface area contributed by atoms with Gasteiger partial charge in [0, 0.05) is 24.8 Å². The molecule has 0 spiro atoms. The van der Waals surface area contributed by atoms with Gasteiger partial charge in [0.25, 0.3) is 5.91 Å². The first-order chi connectivity index (χ1) is 12.7. The van der Waals surface area contributed by atoms with Gasteiger partial charge < -0.3 is 14.6 Å². The molecule has 1 fully saturated rings. The lowest BCUT2D eigenvalue weighted by Crippen LogP contribution is -2.44. The summed E-state index contributed by atoms with van der Waals surface area (Å²) in [5.74, 6) is -0.855. The maximum absolute atomic E-state index is 12.2. The van der Waals surface area contributed by atoms with Gasteiger partial charge in [0.2, 0.25) is 0 Å². The van der Waals surface area contributed by atoms with Gasteiger partial charge in [0.1, 0.15) is 4.92 Å². The molecule has 0 aliphatic carbocycles. The minimum atomic E-state index is -0.653. The van der Waals surface area contributed by atoms with Crippen LogP contribution in [0, 0.1) is 10.1 Å². The molecule has 27 heavy (non-hydrogen) atoms. The largest absolute Gasteiger partial charge is 0.433 e. The molecule has 144 valence electrons. The van der Waals surface area contributed by atoms with E-state index < -0.39 is 16.7 Å². The summed E-state index contributed by atoms with van der Waals surface area (Å²) in [6.45, 7) is 8.29. The number of nitrogens with one attached hydrogen (secondary N) is 1. The van der Waals surface area contributed by atoms with Gasteiger partial charge >= 0.3 is 5.88 Å². The molecular formula is C20H25N3O4. The van der Waals surface area contributed by atoms with Crippen molar-refractivity contribution in [3.63, 3.8) is 0 Å². The smallest absolute Gasteiger partial charge is 0.395 e. The molecular weight excluding hydrogens is 346 g/mol. The van der Waals surface area contributed by atoms with Gasteiger partial charge in [-0.1, -0.05) is 32.9 Å². The third kappa shape index (κ3) is 4.48. The summed E-state index contributed by atoms with van der Waals surface area (Å²) in [5, 5.41) is 13.6. The highest BCUT2D eigenvalue weighted by Crippen LogP contribution is 2.26. The molecule has 1 N–H and O–H groups in total. The van der Waals surface area contributed by atoms with E-state index in [-0.39, 0.29) is 17.2 Å². The fourth-order valence-electron chi connectivity index (χ4n) is 3.26. The molecule has 0 unspecified atom stereocenters. The Balaban J connectivity index is 1.54. The van der Waals surface area contributed by atoms with E-state index in [2.05, 4.69) is 55.3 Å². The molecule has 2 heterocycles. The molecule has 1 aliphatic heterocycles. The molecule has 0 atom stereocenters. The van der Waals surface area contributed by atoms with Crippen LogP contribution in [-0.2, 0) is 5.41 Å². The second-order valence-electron chi connectivity index (χ2n) is 7.93. The Labute approximate surface area is 158 Å². The van der Waals surface area contributed by atoms with Crippen LogP contribution in [0.1, 0.15) is 49.7 Å². The van der Waals surface area contributed by atoms with Crippen LogP contribution in [-0.4, -0.2) is 30.0 Å². The Morgan fingerprint density at radius 3 is 2.30 bits per heavy atom. The number of furan rings is 1. The van der Waals surface area contributed by atoms with E-state index in [1.54, 1.807) is 0 Å². The van der Waals surface area contributed by atoms with Crippen LogP contribution in [0.4, 0.5) is 11.6 Å². The summed E-state index contributed by atoms with van der Waals surface area (Å²) >= 11 is 0. The number of piperidine rings is 1. The maximum Gasteiger partial charge on any atom is 0.433 e. The van der Waals surface area contributed by atoms with Gasteiger partial charge in [-0.25, -0.2) is 0 Å². The van der Waals surface area contributed by atoms with Crippen LogP contribution >= 0.6 is 0 Å². The topological polar surface area (TPSA) is 88.6 Å².